The van der Waals surface area contributed by atoms with Gasteiger partial charge >= 0.3 is 0 Å². The Labute approximate surface area is 147 Å². The largest absolute Gasteiger partial charge is 0.340 e. The lowest BCUT2D eigenvalue weighted by Gasteiger charge is -2.36. The zero-order valence-electron chi connectivity index (χ0n) is 13.2. The van der Waals surface area contributed by atoms with E-state index in [-0.39, 0.29) is 5.92 Å². The van der Waals surface area contributed by atoms with E-state index in [1.807, 2.05) is 23.1 Å². The fraction of sp³-hybridized carbons (Fsp3) is 0.500. The van der Waals surface area contributed by atoms with Crippen LogP contribution in [0.1, 0.15) is 24.8 Å². The third kappa shape index (κ3) is 4.09. The van der Waals surface area contributed by atoms with Crippen LogP contribution < -0.4 is 0 Å². The molecule has 1 aromatic carbocycles. The molecule has 0 radical (unpaired) electrons. The first kappa shape index (κ1) is 16.8. The van der Waals surface area contributed by atoms with Crippen LogP contribution in [-0.2, 0) is 11.3 Å². The minimum Gasteiger partial charge on any atom is -0.340 e. The zero-order valence-corrected chi connectivity index (χ0v) is 14.7. The van der Waals surface area contributed by atoms with Crippen LogP contribution in [0.25, 0.3) is 0 Å². The van der Waals surface area contributed by atoms with E-state index in [4.69, 9.17) is 23.2 Å². The van der Waals surface area contributed by atoms with E-state index in [1.165, 1.54) is 0 Å². The summed E-state index contributed by atoms with van der Waals surface area (Å²) in [5, 5.41) is 1.24. The van der Waals surface area contributed by atoms with Gasteiger partial charge in [-0.2, -0.15) is 0 Å². The van der Waals surface area contributed by atoms with Gasteiger partial charge in [-0.25, -0.2) is 0 Å². The molecule has 1 saturated heterocycles. The molecule has 0 saturated carbocycles. The number of carbonyl (C=O) groups excluding carboxylic acids is 1. The van der Waals surface area contributed by atoms with Gasteiger partial charge in [0.25, 0.3) is 0 Å². The van der Waals surface area contributed by atoms with Crippen LogP contribution in [0.2, 0.25) is 10.0 Å². The van der Waals surface area contributed by atoms with Crippen molar-refractivity contribution in [2.24, 2.45) is 5.92 Å². The predicted octanol–water partition coefficient (Wildman–Crippen LogP) is 3.99. The first-order valence-electron chi connectivity index (χ1n) is 8.24. The van der Waals surface area contributed by atoms with Crippen molar-refractivity contribution in [2.45, 2.75) is 25.8 Å². The lowest BCUT2D eigenvalue weighted by molar-refractivity contribution is -0.137. The van der Waals surface area contributed by atoms with Gasteiger partial charge in [-0.15, -0.1) is 0 Å². The van der Waals surface area contributed by atoms with E-state index in [0.29, 0.717) is 16.0 Å². The van der Waals surface area contributed by atoms with E-state index in [0.717, 1.165) is 57.5 Å². The van der Waals surface area contributed by atoms with Gasteiger partial charge in [0.1, 0.15) is 0 Å². The molecule has 1 aliphatic carbocycles. The Morgan fingerprint density at radius 1 is 1.13 bits per heavy atom. The van der Waals surface area contributed by atoms with Crippen molar-refractivity contribution in [3.05, 3.63) is 46.0 Å². The summed E-state index contributed by atoms with van der Waals surface area (Å²) >= 11 is 12.3. The monoisotopic (exact) mass is 352 g/mol. The first-order valence-corrected chi connectivity index (χ1v) is 9.00. The number of allylic oxidation sites excluding steroid dienone is 2. The minimum atomic E-state index is 0.189. The Bertz CT molecular complexity index is 595. The molecular formula is C18H22Cl2N2O. The molecule has 1 atom stereocenters. The summed E-state index contributed by atoms with van der Waals surface area (Å²) in [5.74, 6) is 0.517. The highest BCUT2D eigenvalue weighted by Crippen LogP contribution is 2.27. The second-order valence-corrected chi connectivity index (χ2v) is 7.08. The van der Waals surface area contributed by atoms with Crippen LogP contribution in [-0.4, -0.2) is 41.9 Å². The molecule has 0 aromatic heterocycles. The molecule has 0 bridgehead atoms. The third-order valence-electron chi connectivity index (χ3n) is 4.73. The summed E-state index contributed by atoms with van der Waals surface area (Å²) in [7, 11) is 0. The van der Waals surface area contributed by atoms with Gasteiger partial charge in [0.15, 0.2) is 0 Å². The highest BCUT2D eigenvalue weighted by molar-refractivity contribution is 6.42. The predicted molar refractivity (Wildman–Crippen MR) is 94.8 cm³/mol. The lowest BCUT2D eigenvalue weighted by Crippen LogP contribution is -2.50. The van der Waals surface area contributed by atoms with E-state index >= 15 is 0 Å². The maximum absolute atomic E-state index is 12.6. The van der Waals surface area contributed by atoms with Crippen LogP contribution in [0.3, 0.4) is 0 Å². The van der Waals surface area contributed by atoms with Crippen LogP contribution >= 0.6 is 23.2 Å². The molecule has 1 aromatic rings. The van der Waals surface area contributed by atoms with Crippen molar-refractivity contribution in [2.75, 3.05) is 26.2 Å². The van der Waals surface area contributed by atoms with E-state index < -0.39 is 0 Å². The van der Waals surface area contributed by atoms with Crippen molar-refractivity contribution in [1.82, 2.24) is 9.80 Å². The van der Waals surface area contributed by atoms with Gasteiger partial charge in [0.05, 0.1) is 10.0 Å². The second-order valence-electron chi connectivity index (χ2n) is 6.30. The molecule has 2 aliphatic rings. The van der Waals surface area contributed by atoms with Crippen molar-refractivity contribution < 1.29 is 4.79 Å². The Morgan fingerprint density at radius 3 is 2.61 bits per heavy atom. The molecule has 1 amide bonds. The lowest BCUT2D eigenvalue weighted by atomic mass is 9.93. The Morgan fingerprint density at radius 2 is 1.91 bits per heavy atom. The summed E-state index contributed by atoms with van der Waals surface area (Å²) in [4.78, 5) is 16.9. The zero-order chi connectivity index (χ0) is 16.2. The summed E-state index contributed by atoms with van der Waals surface area (Å²) < 4.78 is 0. The van der Waals surface area contributed by atoms with Gasteiger partial charge < -0.3 is 4.90 Å². The summed E-state index contributed by atoms with van der Waals surface area (Å²) in [5.41, 5.74) is 1.05. The topological polar surface area (TPSA) is 23.6 Å². The van der Waals surface area contributed by atoms with E-state index in [2.05, 4.69) is 17.1 Å². The van der Waals surface area contributed by atoms with Crippen molar-refractivity contribution in [3.8, 4) is 0 Å². The van der Waals surface area contributed by atoms with Gasteiger partial charge in [-0.3, -0.25) is 9.69 Å². The van der Waals surface area contributed by atoms with Crippen LogP contribution in [0.15, 0.2) is 30.4 Å². The number of hydrogen-bond donors (Lipinski definition) is 0. The number of benzene rings is 1. The molecule has 5 heteroatoms. The number of carbonyl (C=O) groups is 1. The van der Waals surface area contributed by atoms with E-state index in [9.17, 15) is 4.79 Å². The molecule has 0 N–H and O–H groups in total. The molecule has 0 spiro atoms. The summed E-state index contributed by atoms with van der Waals surface area (Å²) in [6.07, 6.45) is 7.24. The molecule has 1 aliphatic heterocycles. The molecule has 124 valence electrons. The second kappa shape index (κ2) is 7.69. The molecule has 1 unspecified atom stereocenters. The number of piperazine rings is 1. The number of amides is 1. The molecule has 1 heterocycles. The molecule has 23 heavy (non-hydrogen) atoms. The molecule has 3 nitrogen and oxygen atoms in total. The normalized spacial score (nSPS) is 22.3. The van der Waals surface area contributed by atoms with Crippen LogP contribution in [0, 0.1) is 5.92 Å². The number of halogens is 2. The third-order valence-corrected chi connectivity index (χ3v) is 5.59. The fourth-order valence-electron chi connectivity index (χ4n) is 3.31. The van der Waals surface area contributed by atoms with Crippen molar-refractivity contribution in [1.29, 1.82) is 0 Å². The van der Waals surface area contributed by atoms with Crippen molar-refractivity contribution >= 4 is 29.1 Å². The fourth-order valence-corrected chi connectivity index (χ4v) is 3.69. The number of rotatable bonds is 3. The standard InChI is InChI=1S/C18H22Cl2N2O/c19-16-8-4-7-15(17(16)20)13-21-9-11-22(12-10-21)18(23)14-5-2-1-3-6-14/h1-2,4,7-8,14H,3,5-6,9-13H2. The van der Waals surface area contributed by atoms with Crippen LogP contribution in [0.5, 0.6) is 0 Å². The smallest absolute Gasteiger partial charge is 0.226 e. The highest BCUT2D eigenvalue weighted by Gasteiger charge is 2.27. The highest BCUT2D eigenvalue weighted by atomic mass is 35.5. The Hall–Kier alpha value is -1.03. The SMILES string of the molecule is O=C(C1CC=CCC1)N1CCN(Cc2cccc(Cl)c2Cl)CC1. The first-order chi connectivity index (χ1) is 11.1. The van der Waals surface area contributed by atoms with Crippen molar-refractivity contribution in [3.63, 3.8) is 0 Å². The molecular weight excluding hydrogens is 331 g/mol. The number of nitrogens with zero attached hydrogens (tertiary/aromatic N) is 2. The van der Waals surface area contributed by atoms with Gasteiger partial charge in [0.2, 0.25) is 5.91 Å². The van der Waals surface area contributed by atoms with Gasteiger partial charge in [-0.1, -0.05) is 47.5 Å². The molecule has 3 rings (SSSR count). The van der Waals surface area contributed by atoms with E-state index in [1.54, 1.807) is 0 Å². The van der Waals surface area contributed by atoms with Crippen LogP contribution in [0.4, 0.5) is 0 Å². The van der Waals surface area contributed by atoms with Gasteiger partial charge in [-0.05, 0) is 30.9 Å². The molecule has 1 fully saturated rings. The number of hydrogen-bond acceptors (Lipinski definition) is 2. The Balaban J connectivity index is 1.53. The quantitative estimate of drug-likeness (QED) is 0.767. The maximum atomic E-state index is 12.6. The Kier molecular flexibility index (Phi) is 5.62. The van der Waals surface area contributed by atoms with Gasteiger partial charge in [0, 0.05) is 38.6 Å². The average molecular weight is 353 g/mol. The average Bonchev–Trinajstić information content (AvgIpc) is 2.60. The maximum Gasteiger partial charge on any atom is 0.226 e. The summed E-state index contributed by atoms with van der Waals surface area (Å²) in [6, 6.07) is 5.75. The minimum absolute atomic E-state index is 0.189. The summed E-state index contributed by atoms with van der Waals surface area (Å²) in [6.45, 7) is 4.16.